The molecular weight excluding hydrogens is 204 g/mol. The predicted octanol–water partition coefficient (Wildman–Crippen LogP) is 0.476. The van der Waals surface area contributed by atoms with E-state index in [1.54, 1.807) is 7.11 Å². The number of likely N-dealkylation sites (tertiary alicyclic amines) is 1. The number of hydrogen-bond donors (Lipinski definition) is 1. The van der Waals surface area contributed by atoms with E-state index in [1.165, 1.54) is 32.4 Å². The lowest BCUT2D eigenvalue weighted by Gasteiger charge is -2.33. The summed E-state index contributed by atoms with van der Waals surface area (Å²) in [4.78, 5) is 2.49. The second-order valence-electron chi connectivity index (χ2n) is 4.84. The van der Waals surface area contributed by atoms with Crippen LogP contribution in [-0.2, 0) is 9.47 Å². The van der Waals surface area contributed by atoms with Gasteiger partial charge >= 0.3 is 0 Å². The molecule has 2 aliphatic heterocycles. The summed E-state index contributed by atoms with van der Waals surface area (Å²) in [7, 11) is 1.77. The molecule has 16 heavy (non-hydrogen) atoms. The highest BCUT2D eigenvalue weighted by molar-refractivity contribution is 4.82. The van der Waals surface area contributed by atoms with Gasteiger partial charge in [-0.15, -0.1) is 0 Å². The molecule has 4 heteroatoms. The van der Waals surface area contributed by atoms with Crippen LogP contribution >= 0.6 is 0 Å². The molecule has 1 unspecified atom stereocenters. The maximum Gasteiger partial charge on any atom is 0.0620 e. The second kappa shape index (κ2) is 6.55. The molecule has 4 nitrogen and oxygen atoms in total. The minimum absolute atomic E-state index is 0.607. The molecule has 0 aromatic heterocycles. The van der Waals surface area contributed by atoms with Crippen molar-refractivity contribution >= 4 is 0 Å². The lowest BCUT2D eigenvalue weighted by Crippen LogP contribution is -2.47. The zero-order valence-corrected chi connectivity index (χ0v) is 10.3. The topological polar surface area (TPSA) is 33.7 Å². The third-order valence-corrected chi connectivity index (χ3v) is 3.60. The lowest BCUT2D eigenvalue weighted by atomic mass is 10.0. The van der Waals surface area contributed by atoms with Gasteiger partial charge in [-0.05, 0) is 32.4 Å². The molecule has 94 valence electrons. The van der Waals surface area contributed by atoms with Crippen LogP contribution in [0, 0.1) is 0 Å². The Hall–Kier alpha value is -0.160. The molecule has 0 amide bonds. The van der Waals surface area contributed by atoms with Crippen LogP contribution in [0.25, 0.3) is 0 Å². The van der Waals surface area contributed by atoms with Gasteiger partial charge in [-0.1, -0.05) is 0 Å². The van der Waals surface area contributed by atoms with Gasteiger partial charge < -0.3 is 19.7 Å². The zero-order valence-electron chi connectivity index (χ0n) is 10.3. The average molecular weight is 228 g/mol. The molecule has 2 fully saturated rings. The van der Waals surface area contributed by atoms with Crippen molar-refractivity contribution in [2.45, 2.75) is 31.3 Å². The molecule has 0 bridgehead atoms. The minimum atomic E-state index is 0.607. The molecule has 0 aromatic carbocycles. The number of rotatable bonds is 5. The van der Waals surface area contributed by atoms with Crippen LogP contribution in [0.2, 0.25) is 0 Å². The van der Waals surface area contributed by atoms with Crippen LogP contribution in [-0.4, -0.2) is 63.5 Å². The maximum atomic E-state index is 5.38. The summed E-state index contributed by atoms with van der Waals surface area (Å²) in [5.41, 5.74) is 0. The van der Waals surface area contributed by atoms with E-state index < -0.39 is 0 Å². The van der Waals surface area contributed by atoms with Crippen LogP contribution < -0.4 is 5.32 Å². The number of hydrogen-bond acceptors (Lipinski definition) is 4. The van der Waals surface area contributed by atoms with Crippen LogP contribution in [0.4, 0.5) is 0 Å². The molecule has 0 aromatic rings. The summed E-state index contributed by atoms with van der Waals surface area (Å²) in [6.07, 6.45) is 3.71. The minimum Gasteiger partial charge on any atom is -0.383 e. The Morgan fingerprint density at radius 2 is 2.06 bits per heavy atom. The van der Waals surface area contributed by atoms with Crippen molar-refractivity contribution in [1.29, 1.82) is 0 Å². The molecule has 0 radical (unpaired) electrons. The Morgan fingerprint density at radius 1 is 1.25 bits per heavy atom. The first-order valence-electron chi connectivity index (χ1n) is 6.43. The number of ether oxygens (including phenoxy) is 2. The van der Waals surface area contributed by atoms with E-state index in [1.807, 2.05) is 0 Å². The van der Waals surface area contributed by atoms with E-state index in [4.69, 9.17) is 9.47 Å². The third kappa shape index (κ3) is 3.70. The summed E-state index contributed by atoms with van der Waals surface area (Å²) in [6.45, 7) is 6.18. The molecule has 0 spiro atoms. The van der Waals surface area contributed by atoms with Crippen molar-refractivity contribution in [1.82, 2.24) is 10.2 Å². The number of methoxy groups -OCH3 is 1. The van der Waals surface area contributed by atoms with Gasteiger partial charge in [0.25, 0.3) is 0 Å². The summed E-state index contributed by atoms with van der Waals surface area (Å²) in [5.74, 6) is 0. The second-order valence-corrected chi connectivity index (χ2v) is 4.84. The number of nitrogens with zero attached hydrogens (tertiary/aromatic N) is 1. The summed E-state index contributed by atoms with van der Waals surface area (Å²) in [5, 5.41) is 3.71. The highest BCUT2D eigenvalue weighted by atomic mass is 16.5. The van der Waals surface area contributed by atoms with Crippen molar-refractivity contribution in [2.24, 2.45) is 0 Å². The van der Waals surface area contributed by atoms with E-state index in [9.17, 15) is 0 Å². The van der Waals surface area contributed by atoms with Gasteiger partial charge in [0.1, 0.15) is 0 Å². The monoisotopic (exact) mass is 228 g/mol. The highest BCUT2D eigenvalue weighted by Gasteiger charge is 2.23. The van der Waals surface area contributed by atoms with Crippen molar-refractivity contribution in [3.05, 3.63) is 0 Å². The largest absolute Gasteiger partial charge is 0.383 e. The fourth-order valence-corrected chi connectivity index (χ4v) is 2.54. The molecule has 2 saturated heterocycles. The quantitative estimate of drug-likeness (QED) is 0.742. The smallest absolute Gasteiger partial charge is 0.0620 e. The van der Waals surface area contributed by atoms with Gasteiger partial charge in [0, 0.05) is 32.3 Å². The van der Waals surface area contributed by atoms with E-state index in [-0.39, 0.29) is 0 Å². The van der Waals surface area contributed by atoms with Crippen LogP contribution in [0.3, 0.4) is 0 Å². The Kier molecular flexibility index (Phi) is 5.03. The fourth-order valence-electron chi connectivity index (χ4n) is 2.54. The molecule has 1 N–H and O–H groups in total. The van der Waals surface area contributed by atoms with Gasteiger partial charge in [0.2, 0.25) is 0 Å². The number of piperidine rings is 1. The normalized spacial score (nSPS) is 28.7. The first-order chi connectivity index (χ1) is 7.88. The molecule has 2 aliphatic rings. The third-order valence-electron chi connectivity index (χ3n) is 3.60. The summed E-state index contributed by atoms with van der Waals surface area (Å²) < 4.78 is 10.5. The van der Waals surface area contributed by atoms with Crippen LogP contribution in [0.15, 0.2) is 0 Å². The Morgan fingerprint density at radius 3 is 2.69 bits per heavy atom. The fraction of sp³-hybridized carbons (Fsp3) is 1.00. The zero-order chi connectivity index (χ0) is 11.2. The van der Waals surface area contributed by atoms with Crippen molar-refractivity contribution in [3.8, 4) is 0 Å². The van der Waals surface area contributed by atoms with Gasteiger partial charge in [-0.25, -0.2) is 0 Å². The van der Waals surface area contributed by atoms with E-state index >= 15 is 0 Å². The molecule has 1 atom stereocenters. The number of nitrogens with one attached hydrogen (secondary N) is 1. The van der Waals surface area contributed by atoms with E-state index in [2.05, 4.69) is 10.2 Å². The van der Waals surface area contributed by atoms with Crippen molar-refractivity contribution in [2.75, 3.05) is 46.6 Å². The maximum absolute atomic E-state index is 5.38. The summed E-state index contributed by atoms with van der Waals surface area (Å²) in [6, 6.07) is 1.31. The average Bonchev–Trinajstić information content (AvgIpc) is 2.81. The van der Waals surface area contributed by atoms with E-state index in [0.29, 0.717) is 12.1 Å². The SMILES string of the molecule is COCCN1CCC(NC2CCOC2)CC1. The lowest BCUT2D eigenvalue weighted by molar-refractivity contribution is 0.122. The van der Waals surface area contributed by atoms with Crippen LogP contribution in [0.5, 0.6) is 0 Å². The Labute approximate surface area is 98.3 Å². The van der Waals surface area contributed by atoms with Gasteiger partial charge in [-0.2, -0.15) is 0 Å². The molecular formula is C12H24N2O2. The molecule has 0 aliphatic carbocycles. The predicted molar refractivity (Wildman–Crippen MR) is 63.7 cm³/mol. The van der Waals surface area contributed by atoms with Crippen molar-refractivity contribution in [3.63, 3.8) is 0 Å². The Bertz CT molecular complexity index is 187. The van der Waals surface area contributed by atoms with E-state index in [0.717, 1.165) is 26.4 Å². The first kappa shape index (κ1) is 12.3. The standard InChI is InChI=1S/C12H24N2O2/c1-15-9-7-14-5-2-11(3-6-14)13-12-4-8-16-10-12/h11-13H,2-10H2,1H3. The summed E-state index contributed by atoms with van der Waals surface area (Å²) >= 11 is 0. The first-order valence-corrected chi connectivity index (χ1v) is 6.43. The molecule has 2 rings (SSSR count). The molecule has 0 saturated carbocycles. The Balaban J connectivity index is 1.60. The van der Waals surface area contributed by atoms with Gasteiger partial charge in [0.15, 0.2) is 0 Å². The van der Waals surface area contributed by atoms with Crippen molar-refractivity contribution < 1.29 is 9.47 Å². The van der Waals surface area contributed by atoms with Gasteiger partial charge in [-0.3, -0.25) is 0 Å². The molecule has 2 heterocycles. The highest BCUT2D eigenvalue weighted by Crippen LogP contribution is 2.13. The van der Waals surface area contributed by atoms with Crippen LogP contribution in [0.1, 0.15) is 19.3 Å². The van der Waals surface area contributed by atoms with Gasteiger partial charge in [0.05, 0.1) is 13.2 Å².